The Hall–Kier alpha value is -3.32. The number of rotatable bonds is 5. The number of anilines is 1. The maximum atomic E-state index is 12.7. The van der Waals surface area contributed by atoms with Crippen LogP contribution in [0, 0.1) is 5.92 Å². The van der Waals surface area contributed by atoms with E-state index in [2.05, 4.69) is 10.4 Å². The van der Waals surface area contributed by atoms with Gasteiger partial charge < -0.3 is 10.2 Å². The number of aromatic nitrogens is 3. The zero-order chi connectivity index (χ0) is 22.8. The number of benzene rings is 2. The third kappa shape index (κ3) is 4.46. The summed E-state index contributed by atoms with van der Waals surface area (Å²) in [6.45, 7) is 2.36. The summed E-state index contributed by atoms with van der Waals surface area (Å²) >= 11 is 6.44. The first-order valence-corrected chi connectivity index (χ1v) is 11.7. The standard InChI is InChI=1S/C25H25BClN5O/c26-20-16-29-32-23(14-22(30-24(20)32)19-8-4-5-9-21(19)27)28-15-17-10-12-31(13-11-17)25(33)18-6-2-1-3-7-18/h1-9,14,16-17,28H,10-13,15,26H2. The van der Waals surface area contributed by atoms with Crippen molar-refractivity contribution in [2.24, 2.45) is 5.92 Å². The zero-order valence-electron chi connectivity index (χ0n) is 18.5. The average molecular weight is 458 g/mol. The molecule has 1 N–H and O–H groups in total. The summed E-state index contributed by atoms with van der Waals surface area (Å²) in [4.78, 5) is 19.5. The third-order valence-electron chi connectivity index (χ3n) is 6.29. The van der Waals surface area contributed by atoms with Gasteiger partial charge >= 0.3 is 0 Å². The molecular weight excluding hydrogens is 433 g/mol. The van der Waals surface area contributed by atoms with E-state index in [0.717, 1.165) is 66.2 Å². The molecule has 1 saturated heterocycles. The molecule has 0 radical (unpaired) electrons. The Balaban J connectivity index is 1.29. The van der Waals surface area contributed by atoms with Crippen molar-refractivity contribution in [2.75, 3.05) is 25.0 Å². The summed E-state index contributed by atoms with van der Waals surface area (Å²) in [6.07, 6.45) is 3.77. The second-order valence-corrected chi connectivity index (χ2v) is 8.96. The summed E-state index contributed by atoms with van der Waals surface area (Å²) in [6, 6.07) is 19.3. The van der Waals surface area contributed by atoms with E-state index < -0.39 is 0 Å². The van der Waals surface area contributed by atoms with Gasteiger partial charge in [-0.3, -0.25) is 4.79 Å². The predicted octanol–water partition coefficient (Wildman–Crippen LogP) is 3.27. The van der Waals surface area contributed by atoms with Crippen molar-refractivity contribution in [3.05, 3.63) is 77.4 Å². The monoisotopic (exact) mass is 457 g/mol. The van der Waals surface area contributed by atoms with Gasteiger partial charge in [-0.2, -0.15) is 9.61 Å². The minimum absolute atomic E-state index is 0.120. The number of fused-ring (bicyclic) bond motifs is 1. The molecule has 0 saturated carbocycles. The van der Waals surface area contributed by atoms with Gasteiger partial charge in [0.15, 0.2) is 5.65 Å². The number of amides is 1. The first-order valence-electron chi connectivity index (χ1n) is 11.3. The van der Waals surface area contributed by atoms with Crippen molar-refractivity contribution in [2.45, 2.75) is 12.8 Å². The average Bonchev–Trinajstić information content (AvgIpc) is 3.24. The summed E-state index contributed by atoms with van der Waals surface area (Å²) in [5, 5.41) is 8.78. The summed E-state index contributed by atoms with van der Waals surface area (Å²) in [5.41, 5.74) is 4.31. The number of carbonyl (C=O) groups excluding carboxylic acids is 1. The molecule has 1 fully saturated rings. The van der Waals surface area contributed by atoms with Crippen molar-refractivity contribution in [1.29, 1.82) is 0 Å². The van der Waals surface area contributed by atoms with Crippen molar-refractivity contribution in [1.82, 2.24) is 19.5 Å². The van der Waals surface area contributed by atoms with Gasteiger partial charge in [-0.15, -0.1) is 0 Å². The van der Waals surface area contributed by atoms with Crippen molar-refractivity contribution in [3.8, 4) is 11.3 Å². The van der Waals surface area contributed by atoms with Crippen LogP contribution in [-0.4, -0.2) is 52.9 Å². The highest BCUT2D eigenvalue weighted by atomic mass is 35.5. The fourth-order valence-electron chi connectivity index (χ4n) is 4.36. The van der Waals surface area contributed by atoms with Crippen LogP contribution < -0.4 is 10.8 Å². The molecular formula is C25H25BClN5O. The fraction of sp³-hybridized carbons (Fsp3) is 0.240. The van der Waals surface area contributed by atoms with Crippen LogP contribution in [0.2, 0.25) is 5.02 Å². The van der Waals surface area contributed by atoms with Gasteiger partial charge in [0.05, 0.1) is 5.69 Å². The number of likely N-dealkylation sites (tertiary alicyclic amines) is 1. The molecule has 2 aromatic carbocycles. The van der Waals surface area contributed by atoms with Crippen LogP contribution in [0.4, 0.5) is 5.82 Å². The Morgan fingerprint density at radius 2 is 1.82 bits per heavy atom. The molecule has 0 atom stereocenters. The predicted molar refractivity (Wildman–Crippen MR) is 135 cm³/mol. The molecule has 33 heavy (non-hydrogen) atoms. The normalized spacial score (nSPS) is 14.5. The Labute approximate surface area is 199 Å². The molecule has 5 rings (SSSR count). The van der Waals surface area contributed by atoms with Crippen LogP contribution in [0.3, 0.4) is 0 Å². The second-order valence-electron chi connectivity index (χ2n) is 8.55. The molecule has 0 unspecified atom stereocenters. The van der Waals surface area contributed by atoms with Gasteiger partial charge in [0.25, 0.3) is 5.91 Å². The van der Waals surface area contributed by atoms with E-state index in [1.165, 1.54) is 0 Å². The molecule has 0 spiro atoms. The third-order valence-corrected chi connectivity index (χ3v) is 6.62. The highest BCUT2D eigenvalue weighted by molar-refractivity contribution is 6.36. The Morgan fingerprint density at radius 1 is 1.09 bits per heavy atom. The first kappa shape index (κ1) is 21.5. The molecule has 166 valence electrons. The number of nitrogens with zero attached hydrogens (tertiary/aromatic N) is 4. The molecule has 8 heteroatoms. The Morgan fingerprint density at radius 3 is 2.58 bits per heavy atom. The van der Waals surface area contributed by atoms with E-state index in [9.17, 15) is 4.79 Å². The van der Waals surface area contributed by atoms with Gasteiger partial charge in [0.2, 0.25) is 0 Å². The largest absolute Gasteiger partial charge is 0.370 e. The molecule has 6 nitrogen and oxygen atoms in total. The summed E-state index contributed by atoms with van der Waals surface area (Å²) in [7, 11) is 2.01. The lowest BCUT2D eigenvalue weighted by Crippen LogP contribution is -2.40. The minimum atomic E-state index is 0.120. The van der Waals surface area contributed by atoms with Gasteiger partial charge in [-0.25, -0.2) is 4.98 Å². The molecule has 0 bridgehead atoms. The van der Waals surface area contributed by atoms with Crippen molar-refractivity contribution in [3.63, 3.8) is 0 Å². The second kappa shape index (κ2) is 9.28. The zero-order valence-corrected chi connectivity index (χ0v) is 19.3. The highest BCUT2D eigenvalue weighted by Gasteiger charge is 2.24. The van der Waals surface area contributed by atoms with Crippen LogP contribution in [0.25, 0.3) is 16.9 Å². The molecule has 2 aromatic heterocycles. The quantitative estimate of drug-likeness (QED) is 0.467. The lowest BCUT2D eigenvalue weighted by molar-refractivity contribution is 0.0695. The molecule has 3 heterocycles. The van der Waals surface area contributed by atoms with Crippen LogP contribution in [0.15, 0.2) is 66.9 Å². The van der Waals surface area contributed by atoms with Gasteiger partial charge in [0, 0.05) is 48.0 Å². The van der Waals surface area contributed by atoms with E-state index in [4.69, 9.17) is 16.6 Å². The molecule has 1 aliphatic heterocycles. The van der Waals surface area contributed by atoms with E-state index in [1.807, 2.05) is 84.1 Å². The van der Waals surface area contributed by atoms with Gasteiger partial charge in [0.1, 0.15) is 13.7 Å². The molecule has 0 aliphatic carbocycles. The smallest absolute Gasteiger partial charge is 0.253 e. The number of piperidine rings is 1. The topological polar surface area (TPSA) is 62.5 Å². The molecule has 4 aromatic rings. The summed E-state index contributed by atoms with van der Waals surface area (Å²) < 4.78 is 1.85. The Kier molecular flexibility index (Phi) is 6.05. The Bertz CT molecular complexity index is 1280. The maximum Gasteiger partial charge on any atom is 0.253 e. The molecule has 1 amide bonds. The highest BCUT2D eigenvalue weighted by Crippen LogP contribution is 2.28. The van der Waals surface area contributed by atoms with Crippen molar-refractivity contribution < 1.29 is 4.79 Å². The van der Waals surface area contributed by atoms with Gasteiger partial charge in [-0.1, -0.05) is 48.0 Å². The van der Waals surface area contributed by atoms with Crippen LogP contribution in [0.1, 0.15) is 23.2 Å². The number of carbonyl (C=O) groups is 1. The maximum absolute atomic E-state index is 12.7. The van der Waals surface area contributed by atoms with Crippen molar-refractivity contribution >= 4 is 42.3 Å². The summed E-state index contributed by atoms with van der Waals surface area (Å²) in [5.74, 6) is 1.49. The SMILES string of the molecule is Bc1cnn2c(NCC3CCN(C(=O)c4ccccc4)CC3)cc(-c3ccccc3Cl)nc12. The first-order chi connectivity index (χ1) is 16.1. The van der Waals surface area contributed by atoms with Crippen LogP contribution >= 0.6 is 11.6 Å². The fourth-order valence-corrected chi connectivity index (χ4v) is 4.59. The number of nitrogens with one attached hydrogen (secondary N) is 1. The van der Waals surface area contributed by atoms with E-state index in [0.29, 0.717) is 10.9 Å². The van der Waals surface area contributed by atoms with Gasteiger partial charge in [-0.05, 0) is 42.4 Å². The number of hydrogen-bond donors (Lipinski definition) is 1. The lowest BCUT2D eigenvalue weighted by Gasteiger charge is -2.32. The van der Waals surface area contributed by atoms with Crippen LogP contribution in [0.5, 0.6) is 0 Å². The minimum Gasteiger partial charge on any atom is -0.370 e. The van der Waals surface area contributed by atoms with E-state index >= 15 is 0 Å². The number of halogens is 1. The van der Waals surface area contributed by atoms with Crippen LogP contribution in [-0.2, 0) is 0 Å². The lowest BCUT2D eigenvalue weighted by atomic mass is 9.96. The number of hydrogen-bond acceptors (Lipinski definition) is 4. The molecule has 1 aliphatic rings. The van der Waals surface area contributed by atoms with E-state index in [1.54, 1.807) is 0 Å². The van der Waals surface area contributed by atoms with E-state index in [-0.39, 0.29) is 5.91 Å².